The Bertz CT molecular complexity index is 843. The average molecular weight is 396 g/mol. The minimum atomic E-state index is -0.393. The molecule has 0 N–H and O–H groups in total. The molecule has 4 rings (SSSR count). The highest BCUT2D eigenvalue weighted by atomic mass is 35.5. The fourth-order valence-electron chi connectivity index (χ4n) is 4.65. The number of rotatable bonds is 5. The van der Waals surface area contributed by atoms with Gasteiger partial charge in [0, 0.05) is 30.1 Å². The zero-order valence-corrected chi connectivity index (χ0v) is 16.8. The molecule has 2 fully saturated rings. The minimum absolute atomic E-state index is 0.177. The van der Waals surface area contributed by atoms with Crippen molar-refractivity contribution in [1.82, 2.24) is 4.90 Å². The van der Waals surface area contributed by atoms with Crippen molar-refractivity contribution >= 4 is 23.3 Å². The molecule has 0 radical (unpaired) electrons. The molecule has 1 aliphatic heterocycles. The lowest BCUT2D eigenvalue weighted by atomic mass is 9.63. The lowest BCUT2D eigenvalue weighted by Gasteiger charge is -2.46. The van der Waals surface area contributed by atoms with Gasteiger partial charge in [0.2, 0.25) is 5.91 Å². The quantitative estimate of drug-likeness (QED) is 0.646. The van der Waals surface area contributed by atoms with Gasteiger partial charge in [0.25, 0.3) is 0 Å². The lowest BCUT2D eigenvalue weighted by molar-refractivity contribution is -0.142. The number of hydrogen-bond acceptors (Lipinski definition) is 2. The number of nitrogens with zero attached hydrogens (tertiary/aromatic N) is 1. The molecule has 2 aromatic rings. The molecule has 0 aromatic heterocycles. The normalized spacial score (nSPS) is 21.0. The summed E-state index contributed by atoms with van der Waals surface area (Å²) < 4.78 is 0. The minimum Gasteiger partial charge on any atom is -0.342 e. The van der Waals surface area contributed by atoms with E-state index in [0.29, 0.717) is 18.0 Å². The van der Waals surface area contributed by atoms with E-state index in [2.05, 4.69) is 0 Å². The Morgan fingerprint density at radius 1 is 1.00 bits per heavy atom. The molecule has 4 heteroatoms. The lowest BCUT2D eigenvalue weighted by Crippen LogP contribution is -2.53. The number of carbonyl (C=O) groups excluding carboxylic acids is 2. The van der Waals surface area contributed by atoms with Crippen LogP contribution in [0.1, 0.15) is 54.4 Å². The first-order valence-corrected chi connectivity index (χ1v) is 10.6. The van der Waals surface area contributed by atoms with Gasteiger partial charge in [-0.25, -0.2) is 0 Å². The summed E-state index contributed by atoms with van der Waals surface area (Å²) in [6, 6.07) is 17.2. The summed E-state index contributed by atoms with van der Waals surface area (Å²) in [6.45, 7) is 1.48. The van der Waals surface area contributed by atoms with Crippen molar-refractivity contribution in [3.63, 3.8) is 0 Å². The molecule has 28 heavy (non-hydrogen) atoms. The molecule has 2 aromatic carbocycles. The number of benzene rings is 2. The third kappa shape index (κ3) is 3.73. The Morgan fingerprint density at radius 3 is 2.36 bits per heavy atom. The van der Waals surface area contributed by atoms with E-state index < -0.39 is 5.41 Å². The monoisotopic (exact) mass is 395 g/mol. The van der Waals surface area contributed by atoms with Crippen LogP contribution in [-0.4, -0.2) is 29.7 Å². The van der Waals surface area contributed by atoms with E-state index in [1.165, 1.54) is 0 Å². The number of amides is 1. The van der Waals surface area contributed by atoms with Gasteiger partial charge in [-0.1, -0.05) is 60.5 Å². The Hall–Kier alpha value is -2.13. The molecule has 0 spiro atoms. The van der Waals surface area contributed by atoms with Crippen LogP contribution in [0.15, 0.2) is 54.6 Å². The second-order valence-corrected chi connectivity index (χ2v) is 8.63. The number of piperidine rings is 1. The molecule has 1 unspecified atom stereocenters. The van der Waals surface area contributed by atoms with Crippen molar-refractivity contribution < 1.29 is 9.59 Å². The zero-order valence-electron chi connectivity index (χ0n) is 16.1. The van der Waals surface area contributed by atoms with E-state index in [4.69, 9.17) is 11.6 Å². The Kier molecular flexibility index (Phi) is 5.54. The first kappa shape index (κ1) is 19.2. The topological polar surface area (TPSA) is 37.4 Å². The molecule has 1 saturated heterocycles. The van der Waals surface area contributed by atoms with Crippen molar-refractivity contribution in [3.8, 4) is 0 Å². The second-order valence-electron chi connectivity index (χ2n) is 8.20. The second kappa shape index (κ2) is 8.08. The van der Waals surface area contributed by atoms with Crippen LogP contribution in [0.4, 0.5) is 0 Å². The van der Waals surface area contributed by atoms with Crippen LogP contribution < -0.4 is 0 Å². The average Bonchev–Trinajstić information content (AvgIpc) is 2.69. The van der Waals surface area contributed by atoms with Crippen LogP contribution in [0.3, 0.4) is 0 Å². The molecular weight excluding hydrogens is 370 g/mol. The Balaban J connectivity index is 1.45. The van der Waals surface area contributed by atoms with Gasteiger partial charge in [0.1, 0.15) is 0 Å². The highest BCUT2D eigenvalue weighted by molar-refractivity contribution is 6.30. The number of halogens is 1. The molecule has 1 aliphatic carbocycles. The summed E-state index contributed by atoms with van der Waals surface area (Å²) in [5, 5.41) is 0.697. The molecular formula is C24H26ClNO2. The summed E-state index contributed by atoms with van der Waals surface area (Å²) in [6.07, 6.45) is 5.38. The maximum absolute atomic E-state index is 13.5. The van der Waals surface area contributed by atoms with Crippen molar-refractivity contribution in [2.24, 2.45) is 5.92 Å². The number of Topliss-reactive ketones (excluding diaryl/α,β-unsaturated/α-hetero) is 1. The summed E-state index contributed by atoms with van der Waals surface area (Å²) in [7, 11) is 0. The summed E-state index contributed by atoms with van der Waals surface area (Å²) in [4.78, 5) is 28.1. The van der Waals surface area contributed by atoms with Crippen molar-refractivity contribution in [2.75, 3.05) is 13.1 Å². The molecule has 1 amide bonds. The number of ketones is 1. The van der Waals surface area contributed by atoms with E-state index in [9.17, 15) is 9.59 Å². The van der Waals surface area contributed by atoms with Crippen LogP contribution in [0, 0.1) is 5.92 Å². The molecule has 1 saturated carbocycles. The van der Waals surface area contributed by atoms with Crippen LogP contribution in [0.5, 0.6) is 0 Å². The fraction of sp³-hybridized carbons (Fsp3) is 0.417. The van der Waals surface area contributed by atoms with Gasteiger partial charge in [-0.15, -0.1) is 0 Å². The first-order valence-electron chi connectivity index (χ1n) is 10.2. The number of hydrogen-bond donors (Lipinski definition) is 0. The van der Waals surface area contributed by atoms with Crippen molar-refractivity contribution in [2.45, 2.75) is 43.9 Å². The maximum atomic E-state index is 13.5. The summed E-state index contributed by atoms with van der Waals surface area (Å²) >= 11 is 6.04. The van der Waals surface area contributed by atoms with Crippen molar-refractivity contribution in [1.29, 1.82) is 0 Å². The molecule has 0 bridgehead atoms. The first-order chi connectivity index (χ1) is 13.6. The van der Waals surface area contributed by atoms with E-state index >= 15 is 0 Å². The van der Waals surface area contributed by atoms with Crippen LogP contribution in [-0.2, 0) is 10.2 Å². The molecule has 146 valence electrons. The molecule has 1 atom stereocenters. The third-order valence-electron chi connectivity index (χ3n) is 6.39. The van der Waals surface area contributed by atoms with Crippen LogP contribution in [0.2, 0.25) is 5.02 Å². The van der Waals surface area contributed by atoms with Gasteiger partial charge in [0.15, 0.2) is 5.78 Å². The highest BCUT2D eigenvalue weighted by Gasteiger charge is 2.48. The van der Waals surface area contributed by atoms with Gasteiger partial charge in [-0.2, -0.15) is 0 Å². The zero-order chi connectivity index (χ0) is 19.6. The Morgan fingerprint density at radius 2 is 1.71 bits per heavy atom. The Labute approximate surface area is 171 Å². The number of likely N-dealkylation sites (tertiary alicyclic amines) is 1. The predicted octanol–water partition coefficient (Wildman–Crippen LogP) is 5.27. The fourth-order valence-corrected chi connectivity index (χ4v) is 4.77. The van der Waals surface area contributed by atoms with Gasteiger partial charge in [0.05, 0.1) is 5.41 Å². The van der Waals surface area contributed by atoms with Crippen molar-refractivity contribution in [3.05, 3.63) is 70.7 Å². The van der Waals surface area contributed by atoms with Crippen LogP contribution in [0.25, 0.3) is 0 Å². The SMILES string of the molecule is O=C(CC1CCCN(C(=O)C2(c3ccc(Cl)cc3)CCC2)C1)c1ccccc1. The largest absolute Gasteiger partial charge is 0.342 e. The molecule has 2 aliphatic rings. The molecule has 1 heterocycles. The van der Waals surface area contributed by atoms with Gasteiger partial charge >= 0.3 is 0 Å². The van der Waals surface area contributed by atoms with Gasteiger partial charge in [-0.05, 0) is 49.3 Å². The molecule has 3 nitrogen and oxygen atoms in total. The van der Waals surface area contributed by atoms with E-state index in [1.54, 1.807) is 0 Å². The highest BCUT2D eigenvalue weighted by Crippen LogP contribution is 2.46. The third-order valence-corrected chi connectivity index (χ3v) is 6.64. The standard InChI is InChI=1S/C24H26ClNO2/c25-21-11-9-20(10-12-21)24(13-5-14-24)23(28)26-15-4-6-18(17-26)16-22(27)19-7-2-1-3-8-19/h1-3,7-12,18H,4-6,13-17H2. The van der Waals surface area contributed by atoms with Crippen LogP contribution >= 0.6 is 11.6 Å². The van der Waals surface area contributed by atoms with Gasteiger partial charge in [-0.3, -0.25) is 9.59 Å². The van der Waals surface area contributed by atoms with Gasteiger partial charge < -0.3 is 4.90 Å². The predicted molar refractivity (Wildman–Crippen MR) is 112 cm³/mol. The smallest absolute Gasteiger partial charge is 0.233 e. The van der Waals surface area contributed by atoms with E-state index in [1.807, 2.05) is 59.5 Å². The number of carbonyl (C=O) groups is 2. The summed E-state index contributed by atoms with van der Waals surface area (Å²) in [5.74, 6) is 0.654. The van der Waals surface area contributed by atoms with E-state index in [-0.39, 0.29) is 17.6 Å². The maximum Gasteiger partial charge on any atom is 0.233 e. The van der Waals surface area contributed by atoms with E-state index in [0.717, 1.165) is 49.8 Å². The summed E-state index contributed by atoms with van der Waals surface area (Å²) in [5.41, 5.74) is 1.45.